The molecule has 2 N–H and O–H groups in total. The van der Waals surface area contributed by atoms with E-state index in [-0.39, 0.29) is 23.0 Å². The highest BCUT2D eigenvalue weighted by Gasteiger charge is 2.35. The van der Waals surface area contributed by atoms with Crippen LogP contribution in [0.15, 0.2) is 63.9 Å². The van der Waals surface area contributed by atoms with E-state index in [2.05, 4.69) is 30.6 Å². The molecule has 4 rings (SSSR count). The molecule has 2 aromatic carbocycles. The van der Waals surface area contributed by atoms with E-state index in [1.54, 1.807) is 58.0 Å². The van der Waals surface area contributed by atoms with E-state index < -0.39 is 64.8 Å². The molecule has 0 saturated carbocycles. The lowest BCUT2D eigenvalue weighted by molar-refractivity contribution is -0.122. The maximum Gasteiger partial charge on any atom is 0.412 e. The van der Waals surface area contributed by atoms with Crippen LogP contribution in [-0.2, 0) is 21.5 Å². The average molecular weight is 609 g/mol. The van der Waals surface area contributed by atoms with E-state index in [1.165, 1.54) is 12.3 Å². The third-order valence-corrected chi connectivity index (χ3v) is 6.87. The second-order valence-electron chi connectivity index (χ2n) is 10.7. The summed E-state index contributed by atoms with van der Waals surface area (Å²) in [6.07, 6.45) is 0.402. The number of amides is 2. The molecule has 0 saturated heterocycles. The van der Waals surface area contributed by atoms with Crippen molar-refractivity contribution in [3.63, 3.8) is 0 Å². The summed E-state index contributed by atoms with van der Waals surface area (Å²) in [7, 11) is 1.12. The van der Waals surface area contributed by atoms with Gasteiger partial charge >= 0.3 is 6.09 Å². The molecule has 0 fully saturated rings. The SMILES string of the molecule is COC(=O)Nc1ncc(-c2ccccc2)n(CC(=O)N[C@H](C(=O)c2nnc(C(C)(C)c3ccc(F)cc3F)o2)C(C)C)c1=O. The van der Waals surface area contributed by atoms with E-state index in [1.807, 2.05) is 0 Å². The highest BCUT2D eigenvalue weighted by atomic mass is 19.1. The minimum Gasteiger partial charge on any atom is -0.453 e. The van der Waals surface area contributed by atoms with Crippen molar-refractivity contribution < 1.29 is 32.3 Å². The van der Waals surface area contributed by atoms with Crippen LogP contribution in [0.25, 0.3) is 11.3 Å². The quantitative estimate of drug-likeness (QED) is 0.253. The molecule has 0 radical (unpaired) electrons. The van der Waals surface area contributed by atoms with Gasteiger partial charge in [0, 0.05) is 11.6 Å². The monoisotopic (exact) mass is 608 g/mol. The van der Waals surface area contributed by atoms with Crippen molar-refractivity contribution in [2.75, 3.05) is 12.4 Å². The number of nitrogens with one attached hydrogen (secondary N) is 2. The minimum absolute atomic E-state index is 0.0772. The van der Waals surface area contributed by atoms with Crippen LogP contribution in [-0.4, -0.2) is 50.7 Å². The number of carbonyl (C=O) groups is 3. The Morgan fingerprint density at radius 1 is 1.07 bits per heavy atom. The number of halogens is 2. The third kappa shape index (κ3) is 6.69. The molecule has 0 aliphatic rings. The zero-order valence-corrected chi connectivity index (χ0v) is 24.6. The van der Waals surface area contributed by atoms with Gasteiger partial charge in [0.15, 0.2) is 0 Å². The van der Waals surface area contributed by atoms with Crippen molar-refractivity contribution in [2.45, 2.75) is 45.7 Å². The number of aromatic nitrogens is 4. The lowest BCUT2D eigenvalue weighted by Crippen LogP contribution is -2.46. The molecule has 12 nitrogen and oxygen atoms in total. The summed E-state index contributed by atoms with van der Waals surface area (Å²) in [4.78, 5) is 55.8. The van der Waals surface area contributed by atoms with Gasteiger partial charge in [-0.25, -0.2) is 18.6 Å². The summed E-state index contributed by atoms with van der Waals surface area (Å²) in [5.41, 5.74) is -1.06. The standard InChI is InChI=1S/C30H30F2N6O6/c1-16(2)23(24(40)26-36-37-28(44-26)30(3,4)19-12-11-18(31)13-20(19)32)34-22(39)15-38-21(17-9-7-6-8-10-17)14-33-25(27(38)41)35-29(42)43-5/h6-14,16,23H,15H2,1-5H3,(H,34,39)(H,33,35,42)/t23-/m0/s1. The summed E-state index contributed by atoms with van der Waals surface area (Å²) in [5.74, 6) is -4.32. The molecule has 0 unspecified atom stereocenters. The predicted octanol–water partition coefficient (Wildman–Crippen LogP) is 4.10. The molecule has 0 aliphatic carbocycles. The summed E-state index contributed by atoms with van der Waals surface area (Å²) >= 11 is 0. The number of hydrogen-bond donors (Lipinski definition) is 2. The first-order chi connectivity index (χ1) is 20.8. The first-order valence-corrected chi connectivity index (χ1v) is 13.5. The topological polar surface area (TPSA) is 158 Å². The van der Waals surface area contributed by atoms with Gasteiger partial charge in [-0.3, -0.25) is 24.3 Å². The predicted molar refractivity (Wildman–Crippen MR) is 154 cm³/mol. The number of ketones is 1. The third-order valence-electron chi connectivity index (χ3n) is 6.87. The van der Waals surface area contributed by atoms with Gasteiger partial charge in [0.1, 0.15) is 18.2 Å². The van der Waals surface area contributed by atoms with Crippen molar-refractivity contribution in [1.29, 1.82) is 0 Å². The number of methoxy groups -OCH3 is 1. The molecular formula is C30H30F2N6O6. The van der Waals surface area contributed by atoms with Gasteiger partial charge in [-0.2, -0.15) is 0 Å². The molecule has 2 heterocycles. The van der Waals surface area contributed by atoms with Gasteiger partial charge in [0.05, 0.1) is 30.5 Å². The lowest BCUT2D eigenvalue weighted by atomic mass is 9.84. The summed E-state index contributed by atoms with van der Waals surface area (Å²) < 4.78 is 39.3. The molecule has 14 heteroatoms. The molecule has 0 spiro atoms. The highest BCUT2D eigenvalue weighted by Crippen LogP contribution is 2.33. The van der Waals surface area contributed by atoms with Crippen LogP contribution in [0.5, 0.6) is 0 Å². The van der Waals surface area contributed by atoms with Crippen LogP contribution in [0.1, 0.15) is 49.8 Å². The average Bonchev–Trinajstić information content (AvgIpc) is 3.49. The molecule has 1 atom stereocenters. The van der Waals surface area contributed by atoms with Crippen LogP contribution in [0.3, 0.4) is 0 Å². The number of hydrogen-bond acceptors (Lipinski definition) is 9. The zero-order chi connectivity index (χ0) is 32.2. The van der Waals surface area contributed by atoms with E-state index >= 15 is 0 Å². The molecule has 0 aliphatic heterocycles. The Balaban J connectivity index is 1.60. The normalized spacial score (nSPS) is 12.1. The lowest BCUT2D eigenvalue weighted by Gasteiger charge is -2.22. The number of rotatable bonds is 10. The molecule has 4 aromatic rings. The molecule has 2 aromatic heterocycles. The van der Waals surface area contributed by atoms with Crippen LogP contribution < -0.4 is 16.2 Å². The van der Waals surface area contributed by atoms with Crippen molar-refractivity contribution in [3.05, 3.63) is 94.1 Å². The smallest absolute Gasteiger partial charge is 0.412 e. The van der Waals surface area contributed by atoms with Crippen molar-refractivity contribution >= 4 is 23.6 Å². The van der Waals surface area contributed by atoms with Gasteiger partial charge in [0.25, 0.3) is 11.4 Å². The number of nitrogens with zero attached hydrogens (tertiary/aromatic N) is 4. The Morgan fingerprint density at radius 3 is 2.41 bits per heavy atom. The van der Waals surface area contributed by atoms with Crippen molar-refractivity contribution in [3.8, 4) is 11.3 Å². The maximum atomic E-state index is 14.5. The molecule has 2 amide bonds. The second-order valence-corrected chi connectivity index (χ2v) is 10.7. The van der Waals surface area contributed by atoms with Crippen molar-refractivity contribution in [2.24, 2.45) is 5.92 Å². The fourth-order valence-electron chi connectivity index (χ4n) is 4.44. The fourth-order valence-corrected chi connectivity index (χ4v) is 4.44. The highest BCUT2D eigenvalue weighted by molar-refractivity contribution is 5.98. The number of ether oxygens (including phenoxy) is 1. The van der Waals surface area contributed by atoms with E-state index in [0.717, 1.165) is 23.8 Å². The fraction of sp³-hybridized carbons (Fsp3) is 0.300. The molecular weight excluding hydrogens is 578 g/mol. The number of benzene rings is 2. The summed E-state index contributed by atoms with van der Waals surface area (Å²) in [6, 6.07) is 10.6. The van der Waals surface area contributed by atoms with Crippen molar-refractivity contribution in [1.82, 2.24) is 25.1 Å². The zero-order valence-electron chi connectivity index (χ0n) is 24.6. The Bertz CT molecular complexity index is 1750. The first-order valence-electron chi connectivity index (χ1n) is 13.5. The minimum atomic E-state index is -1.22. The molecule has 0 bridgehead atoms. The van der Waals surface area contributed by atoms with E-state index in [0.29, 0.717) is 5.56 Å². The molecule has 230 valence electrons. The summed E-state index contributed by atoms with van der Waals surface area (Å²) in [6.45, 7) is 5.98. The van der Waals surface area contributed by atoms with Crippen LogP contribution in [0.2, 0.25) is 0 Å². The van der Waals surface area contributed by atoms with Crippen LogP contribution in [0, 0.1) is 17.6 Å². The van der Waals surface area contributed by atoms with E-state index in [9.17, 15) is 28.0 Å². The number of anilines is 1. The Morgan fingerprint density at radius 2 is 1.77 bits per heavy atom. The van der Waals surface area contributed by atoms with Gasteiger partial charge in [-0.15, -0.1) is 10.2 Å². The van der Waals surface area contributed by atoms with Gasteiger partial charge in [0.2, 0.25) is 23.4 Å². The van der Waals surface area contributed by atoms with Crippen LogP contribution in [0.4, 0.5) is 19.4 Å². The largest absolute Gasteiger partial charge is 0.453 e. The summed E-state index contributed by atoms with van der Waals surface area (Å²) in [5, 5.41) is 12.6. The number of carbonyl (C=O) groups excluding carboxylic acids is 3. The van der Waals surface area contributed by atoms with Gasteiger partial charge in [-0.05, 0) is 31.4 Å². The van der Waals surface area contributed by atoms with Crippen LogP contribution >= 0.6 is 0 Å². The van der Waals surface area contributed by atoms with Gasteiger partial charge in [-0.1, -0.05) is 50.2 Å². The van der Waals surface area contributed by atoms with E-state index in [4.69, 9.17) is 4.42 Å². The second kappa shape index (κ2) is 12.9. The Hall–Kier alpha value is -5.27. The first kappa shape index (κ1) is 31.7. The molecule has 44 heavy (non-hydrogen) atoms. The Labute approximate surface area is 250 Å². The maximum absolute atomic E-state index is 14.5. The Kier molecular flexibility index (Phi) is 9.31. The van der Waals surface area contributed by atoms with Gasteiger partial charge < -0.3 is 14.5 Å². The number of Topliss-reactive ketones (excluding diaryl/α,β-unsaturated/α-hetero) is 1.